The van der Waals surface area contributed by atoms with Crippen LogP contribution in [0.5, 0.6) is 0 Å². The smallest absolute Gasteiger partial charge is 0.104 e. The van der Waals surface area contributed by atoms with Gasteiger partial charge in [0.15, 0.2) is 0 Å². The highest BCUT2D eigenvalue weighted by Gasteiger charge is 1.83. The Hall–Kier alpha value is 0. The number of hydrogen-bond acceptors (Lipinski definition) is 1. The number of aliphatic hydroxyl groups excluding tert-OH is 1. The lowest BCUT2D eigenvalue weighted by Gasteiger charge is -1.90. The summed E-state index contributed by atoms with van der Waals surface area (Å²) in [5.41, 5.74) is 0. The summed E-state index contributed by atoms with van der Waals surface area (Å²) in [7, 11) is 0. The van der Waals surface area contributed by atoms with Crippen LogP contribution < -0.4 is 0 Å². The Balaban J connectivity index is 2.90. The van der Waals surface area contributed by atoms with E-state index in [1.54, 1.807) is 0 Å². The number of rotatable bonds is 4. The fraction of sp³-hybridized carbons (Fsp3) is 0.750. The molecular weight excluding hydrogens is 192 g/mol. The Kier molecular flexibility index (Phi) is 9.00. The largest absolute Gasteiger partial charge is 0.384 e. The zero-order chi connectivity index (χ0) is 7.66. The number of unbranched alkanes of at least 4 members (excludes halogenated alkanes) is 3. The molecule has 0 aromatic rings. The maximum atomic E-state index is 8.29. The molecule has 0 bridgehead atoms. The van der Waals surface area contributed by atoms with E-state index in [1.165, 1.54) is 12.8 Å². The van der Waals surface area contributed by atoms with Gasteiger partial charge in [-0.3, -0.25) is 0 Å². The second-order valence-electron chi connectivity index (χ2n) is 2.01. The molecule has 0 aromatic heterocycles. The Morgan fingerprint density at radius 2 is 1.90 bits per heavy atom. The van der Waals surface area contributed by atoms with Crippen LogP contribution in [0, 0.1) is 11.8 Å². The molecule has 0 aliphatic heterocycles. The van der Waals surface area contributed by atoms with E-state index in [2.05, 4.69) is 27.8 Å². The molecule has 0 aliphatic carbocycles. The maximum absolute atomic E-state index is 8.29. The van der Waals surface area contributed by atoms with Crippen LogP contribution in [-0.4, -0.2) is 17.0 Å². The maximum Gasteiger partial charge on any atom is 0.104 e. The van der Waals surface area contributed by atoms with Gasteiger partial charge in [0.05, 0.1) is 0 Å². The van der Waals surface area contributed by atoms with Crippen LogP contribution in [-0.2, 0) is 0 Å². The average Bonchev–Trinajstić information content (AvgIpc) is 1.97. The standard InChI is InChI=1S/C8H13BrO/c9-7-5-3-1-2-4-6-8-10/h10H,1-3,5,7-8H2. The molecule has 0 radical (unpaired) electrons. The molecule has 0 saturated carbocycles. The van der Waals surface area contributed by atoms with Crippen molar-refractivity contribution in [3.8, 4) is 11.8 Å². The molecule has 0 unspecified atom stereocenters. The average molecular weight is 205 g/mol. The molecule has 0 heterocycles. The zero-order valence-corrected chi connectivity index (χ0v) is 7.65. The molecule has 58 valence electrons. The Morgan fingerprint density at radius 3 is 2.50 bits per heavy atom. The second kappa shape index (κ2) is 9.00. The van der Waals surface area contributed by atoms with Gasteiger partial charge in [-0.05, 0) is 12.8 Å². The van der Waals surface area contributed by atoms with Gasteiger partial charge in [-0.2, -0.15) is 0 Å². The monoisotopic (exact) mass is 204 g/mol. The third kappa shape index (κ3) is 8.00. The van der Waals surface area contributed by atoms with Crippen LogP contribution >= 0.6 is 15.9 Å². The third-order valence-electron chi connectivity index (χ3n) is 1.14. The molecule has 2 heteroatoms. The third-order valence-corrected chi connectivity index (χ3v) is 1.70. The molecule has 0 amide bonds. The normalized spacial score (nSPS) is 8.60. The highest BCUT2D eigenvalue weighted by atomic mass is 79.9. The van der Waals surface area contributed by atoms with E-state index < -0.39 is 0 Å². The first-order chi connectivity index (χ1) is 4.91. The second-order valence-corrected chi connectivity index (χ2v) is 2.80. The summed E-state index contributed by atoms with van der Waals surface area (Å²) in [4.78, 5) is 0. The molecular formula is C8H13BrO. The molecule has 10 heavy (non-hydrogen) atoms. The van der Waals surface area contributed by atoms with Crippen molar-refractivity contribution >= 4 is 15.9 Å². The minimum atomic E-state index is -0.00154. The summed E-state index contributed by atoms with van der Waals surface area (Å²) in [6.07, 6.45) is 4.53. The topological polar surface area (TPSA) is 20.2 Å². The molecule has 0 spiro atoms. The minimum absolute atomic E-state index is 0.00154. The lowest BCUT2D eigenvalue weighted by atomic mass is 10.2. The highest BCUT2D eigenvalue weighted by molar-refractivity contribution is 9.09. The summed E-state index contributed by atoms with van der Waals surface area (Å²) < 4.78 is 0. The molecule has 0 rings (SSSR count). The number of alkyl halides is 1. The van der Waals surface area contributed by atoms with Crippen LogP contribution in [0.25, 0.3) is 0 Å². The summed E-state index contributed by atoms with van der Waals surface area (Å²) in [6.45, 7) is -0.00154. The fourth-order valence-electron chi connectivity index (χ4n) is 0.629. The molecule has 0 aromatic carbocycles. The van der Waals surface area contributed by atoms with E-state index in [-0.39, 0.29) is 6.61 Å². The van der Waals surface area contributed by atoms with Crippen molar-refractivity contribution in [1.29, 1.82) is 0 Å². The first-order valence-electron chi connectivity index (χ1n) is 3.54. The fourth-order valence-corrected chi connectivity index (χ4v) is 1.03. The molecule has 0 fully saturated rings. The van der Waals surface area contributed by atoms with Gasteiger partial charge in [-0.1, -0.05) is 28.3 Å². The SMILES string of the molecule is OCC#CCCCCCBr. The van der Waals surface area contributed by atoms with Crippen molar-refractivity contribution in [3.05, 3.63) is 0 Å². The predicted molar refractivity (Wildman–Crippen MR) is 47.1 cm³/mol. The van der Waals surface area contributed by atoms with Crippen molar-refractivity contribution in [2.24, 2.45) is 0 Å². The van der Waals surface area contributed by atoms with Crippen molar-refractivity contribution in [2.45, 2.75) is 25.7 Å². The van der Waals surface area contributed by atoms with Crippen LogP contribution in [0.15, 0.2) is 0 Å². The van der Waals surface area contributed by atoms with Gasteiger partial charge in [0.2, 0.25) is 0 Å². The van der Waals surface area contributed by atoms with Crippen molar-refractivity contribution in [3.63, 3.8) is 0 Å². The van der Waals surface area contributed by atoms with Gasteiger partial charge >= 0.3 is 0 Å². The lowest BCUT2D eigenvalue weighted by Crippen LogP contribution is -1.77. The molecule has 0 saturated heterocycles. The van der Waals surface area contributed by atoms with Gasteiger partial charge in [-0.25, -0.2) is 0 Å². The predicted octanol–water partition coefficient (Wildman–Crippen LogP) is 1.94. The molecule has 0 aliphatic rings. The van der Waals surface area contributed by atoms with E-state index >= 15 is 0 Å². The van der Waals surface area contributed by atoms with Crippen LogP contribution in [0.2, 0.25) is 0 Å². The van der Waals surface area contributed by atoms with E-state index in [0.717, 1.165) is 18.2 Å². The number of halogens is 1. The quantitative estimate of drug-likeness (QED) is 0.422. The van der Waals surface area contributed by atoms with Crippen LogP contribution in [0.1, 0.15) is 25.7 Å². The van der Waals surface area contributed by atoms with Crippen LogP contribution in [0.4, 0.5) is 0 Å². The van der Waals surface area contributed by atoms with E-state index in [9.17, 15) is 0 Å². The Bertz CT molecular complexity index is 112. The first kappa shape index (κ1) is 10.0. The minimum Gasteiger partial charge on any atom is -0.384 e. The van der Waals surface area contributed by atoms with Gasteiger partial charge in [0.1, 0.15) is 6.61 Å². The first-order valence-corrected chi connectivity index (χ1v) is 4.66. The Morgan fingerprint density at radius 1 is 1.10 bits per heavy atom. The summed E-state index contributed by atoms with van der Waals surface area (Å²) in [6, 6.07) is 0. The molecule has 1 N–H and O–H groups in total. The van der Waals surface area contributed by atoms with E-state index in [1.807, 2.05) is 0 Å². The van der Waals surface area contributed by atoms with Gasteiger partial charge < -0.3 is 5.11 Å². The summed E-state index contributed by atoms with van der Waals surface area (Å²) in [5, 5.41) is 9.37. The van der Waals surface area contributed by atoms with E-state index in [0.29, 0.717) is 0 Å². The zero-order valence-electron chi connectivity index (χ0n) is 6.07. The summed E-state index contributed by atoms with van der Waals surface area (Å²) in [5.74, 6) is 5.50. The highest BCUT2D eigenvalue weighted by Crippen LogP contribution is 2.00. The van der Waals surface area contributed by atoms with Crippen LogP contribution in [0.3, 0.4) is 0 Å². The van der Waals surface area contributed by atoms with Gasteiger partial charge in [0, 0.05) is 11.8 Å². The Labute approximate surface area is 71.0 Å². The van der Waals surface area contributed by atoms with Gasteiger partial charge in [0.25, 0.3) is 0 Å². The number of aliphatic hydroxyl groups is 1. The molecule has 1 nitrogen and oxygen atoms in total. The lowest BCUT2D eigenvalue weighted by molar-refractivity contribution is 0.350. The van der Waals surface area contributed by atoms with Crippen molar-refractivity contribution in [1.82, 2.24) is 0 Å². The summed E-state index contributed by atoms with van der Waals surface area (Å²) >= 11 is 3.36. The van der Waals surface area contributed by atoms with Crippen molar-refractivity contribution in [2.75, 3.05) is 11.9 Å². The van der Waals surface area contributed by atoms with Crippen molar-refractivity contribution < 1.29 is 5.11 Å². The number of hydrogen-bond donors (Lipinski definition) is 1. The van der Waals surface area contributed by atoms with E-state index in [4.69, 9.17) is 5.11 Å². The van der Waals surface area contributed by atoms with Gasteiger partial charge in [-0.15, -0.1) is 5.92 Å². The molecule has 0 atom stereocenters.